The third-order valence-electron chi connectivity index (χ3n) is 3.42. The van der Waals surface area contributed by atoms with Crippen molar-refractivity contribution in [1.82, 2.24) is 4.98 Å². The van der Waals surface area contributed by atoms with Crippen LogP contribution in [0.5, 0.6) is 5.88 Å². The topological polar surface area (TPSA) is 84.2 Å². The number of hydrogen-bond donors (Lipinski definition) is 1. The fraction of sp³-hybridized carbons (Fsp3) is 0.438. The number of allylic oxidation sites excluding steroid dienone is 1. The number of nitriles is 1. The van der Waals surface area contributed by atoms with E-state index >= 15 is 0 Å². The number of pyridine rings is 1. The third-order valence-corrected chi connectivity index (χ3v) is 3.42. The van der Waals surface area contributed by atoms with Gasteiger partial charge in [0.15, 0.2) is 0 Å². The summed E-state index contributed by atoms with van der Waals surface area (Å²) in [5.41, 5.74) is 4.09. The van der Waals surface area contributed by atoms with E-state index < -0.39 is 5.97 Å². The van der Waals surface area contributed by atoms with Crippen LogP contribution in [0.25, 0.3) is 0 Å². The summed E-state index contributed by atoms with van der Waals surface area (Å²) in [4.78, 5) is 16.5. The van der Waals surface area contributed by atoms with Gasteiger partial charge in [0.2, 0.25) is 5.88 Å². The minimum Gasteiger partial charge on any atom is -0.478 e. The fourth-order valence-electron chi connectivity index (χ4n) is 2.32. The normalized spacial score (nSPS) is 13.0. The maximum absolute atomic E-state index is 12.2. The molecule has 1 N–H and O–H groups in total. The second kappa shape index (κ2) is 6.94. The first kappa shape index (κ1) is 15.8. The molecule has 0 saturated heterocycles. The average molecular weight is 301 g/mol. The molecule has 1 aliphatic heterocycles. The van der Waals surface area contributed by atoms with Gasteiger partial charge < -0.3 is 14.8 Å². The molecule has 116 valence electrons. The molecule has 0 radical (unpaired) electrons. The fourth-order valence-corrected chi connectivity index (χ4v) is 2.32. The summed E-state index contributed by atoms with van der Waals surface area (Å²) in [6, 6.07) is 1.95. The molecule has 1 aliphatic rings. The van der Waals surface area contributed by atoms with E-state index in [2.05, 4.69) is 10.3 Å². The molecular formula is C16H19N3O3. The van der Waals surface area contributed by atoms with Gasteiger partial charge in [-0.15, -0.1) is 0 Å². The van der Waals surface area contributed by atoms with Crippen molar-refractivity contribution in [2.45, 2.75) is 33.6 Å². The van der Waals surface area contributed by atoms with Crippen LogP contribution in [0.1, 0.15) is 31.4 Å². The van der Waals surface area contributed by atoms with E-state index in [9.17, 15) is 4.79 Å². The molecule has 0 aromatic carbocycles. The predicted octanol–water partition coefficient (Wildman–Crippen LogP) is 2.49. The zero-order valence-electron chi connectivity index (χ0n) is 13.0. The minimum atomic E-state index is -0.408. The molecule has 0 spiro atoms. The van der Waals surface area contributed by atoms with Crippen LogP contribution >= 0.6 is 0 Å². The average Bonchev–Trinajstić information content (AvgIpc) is 2.50. The molecule has 0 bridgehead atoms. The lowest BCUT2D eigenvalue weighted by Gasteiger charge is -2.24. The first-order valence-corrected chi connectivity index (χ1v) is 7.20. The van der Waals surface area contributed by atoms with Crippen LogP contribution in [0.3, 0.4) is 0 Å². The molecule has 1 aromatic rings. The number of carbonyl (C=O) groups excluding carboxylic acids is 1. The van der Waals surface area contributed by atoms with Crippen molar-refractivity contribution in [2.24, 2.45) is 0 Å². The highest BCUT2D eigenvalue weighted by atomic mass is 16.5. The van der Waals surface area contributed by atoms with Crippen molar-refractivity contribution in [3.8, 4) is 11.9 Å². The molecule has 0 saturated carbocycles. The number of nitrogens with one attached hydrogen (secondary N) is 1. The Bertz CT molecular complexity index is 659. The maximum Gasteiger partial charge on any atom is 0.336 e. The van der Waals surface area contributed by atoms with Crippen LogP contribution in [-0.4, -0.2) is 24.2 Å². The van der Waals surface area contributed by atoms with E-state index in [0.717, 1.165) is 22.5 Å². The van der Waals surface area contributed by atoms with Crippen LogP contribution in [0.2, 0.25) is 0 Å². The van der Waals surface area contributed by atoms with E-state index in [4.69, 9.17) is 14.7 Å². The van der Waals surface area contributed by atoms with Gasteiger partial charge in [-0.05, 0) is 26.3 Å². The smallest absolute Gasteiger partial charge is 0.336 e. The van der Waals surface area contributed by atoms with Gasteiger partial charge in [-0.25, -0.2) is 9.78 Å². The molecule has 1 aromatic heterocycles. The lowest BCUT2D eigenvalue weighted by Crippen LogP contribution is -2.21. The highest BCUT2D eigenvalue weighted by Crippen LogP contribution is 2.35. The Labute approximate surface area is 129 Å². The summed E-state index contributed by atoms with van der Waals surface area (Å²) in [7, 11) is 0. The Morgan fingerprint density at radius 1 is 1.50 bits per heavy atom. The predicted molar refractivity (Wildman–Crippen MR) is 81.4 cm³/mol. The van der Waals surface area contributed by atoms with Gasteiger partial charge in [0.1, 0.15) is 6.61 Å². The molecular weight excluding hydrogens is 282 g/mol. The number of anilines is 1. The van der Waals surface area contributed by atoms with E-state index in [1.807, 2.05) is 26.8 Å². The van der Waals surface area contributed by atoms with Crippen LogP contribution < -0.4 is 10.1 Å². The number of aryl methyl sites for hydroxylation is 1. The Balaban J connectivity index is 2.27. The number of rotatable bonds is 5. The zero-order chi connectivity index (χ0) is 16.1. The number of carbonyl (C=O) groups is 1. The van der Waals surface area contributed by atoms with Gasteiger partial charge in [0.05, 0.1) is 30.4 Å². The molecule has 22 heavy (non-hydrogen) atoms. The number of aromatic nitrogens is 1. The summed E-state index contributed by atoms with van der Waals surface area (Å²) in [6.45, 7) is 6.29. The van der Waals surface area contributed by atoms with Crippen LogP contribution in [0, 0.1) is 18.3 Å². The van der Waals surface area contributed by atoms with Crippen molar-refractivity contribution in [2.75, 3.05) is 18.5 Å². The van der Waals surface area contributed by atoms with E-state index in [0.29, 0.717) is 24.5 Å². The van der Waals surface area contributed by atoms with E-state index in [1.165, 1.54) is 0 Å². The van der Waals surface area contributed by atoms with Crippen molar-refractivity contribution in [3.63, 3.8) is 0 Å². The third kappa shape index (κ3) is 3.19. The van der Waals surface area contributed by atoms with E-state index in [-0.39, 0.29) is 13.0 Å². The van der Waals surface area contributed by atoms with Crippen LogP contribution in [0.4, 0.5) is 5.69 Å². The number of hydrogen-bond acceptors (Lipinski definition) is 6. The summed E-state index contributed by atoms with van der Waals surface area (Å²) in [5, 5.41) is 11.7. The van der Waals surface area contributed by atoms with Gasteiger partial charge in [0, 0.05) is 23.9 Å². The SMILES string of the molecule is CCOc1ncc(C)c2c1CC(C(=O)OCCC#N)=C(C)N2. The number of ether oxygens (including phenoxy) is 2. The molecule has 0 atom stereocenters. The Morgan fingerprint density at radius 3 is 2.95 bits per heavy atom. The number of fused-ring (bicyclic) bond motifs is 1. The van der Waals surface area contributed by atoms with Gasteiger partial charge >= 0.3 is 5.97 Å². The van der Waals surface area contributed by atoms with Crippen molar-refractivity contribution >= 4 is 11.7 Å². The van der Waals surface area contributed by atoms with Crippen molar-refractivity contribution < 1.29 is 14.3 Å². The molecule has 0 amide bonds. The van der Waals surface area contributed by atoms with E-state index in [1.54, 1.807) is 6.20 Å². The quantitative estimate of drug-likeness (QED) is 0.664. The zero-order valence-corrected chi connectivity index (χ0v) is 13.0. The molecule has 0 unspecified atom stereocenters. The molecule has 2 rings (SSSR count). The summed E-state index contributed by atoms with van der Waals surface area (Å²) < 4.78 is 10.7. The Hall–Kier alpha value is -2.55. The molecule has 0 fully saturated rings. The second-order valence-electron chi connectivity index (χ2n) is 4.98. The number of esters is 1. The Kier molecular flexibility index (Phi) is 4.99. The summed E-state index contributed by atoms with van der Waals surface area (Å²) >= 11 is 0. The molecule has 6 nitrogen and oxygen atoms in total. The Morgan fingerprint density at radius 2 is 2.27 bits per heavy atom. The molecule has 6 heteroatoms. The first-order chi connectivity index (χ1) is 10.6. The second-order valence-corrected chi connectivity index (χ2v) is 4.98. The van der Waals surface area contributed by atoms with Gasteiger partial charge in [-0.2, -0.15) is 5.26 Å². The lowest BCUT2D eigenvalue weighted by atomic mass is 9.97. The van der Waals surface area contributed by atoms with Crippen LogP contribution in [-0.2, 0) is 16.0 Å². The maximum atomic E-state index is 12.2. The van der Waals surface area contributed by atoms with Gasteiger partial charge in [-0.1, -0.05) is 0 Å². The van der Waals surface area contributed by atoms with Gasteiger partial charge in [0.25, 0.3) is 0 Å². The minimum absolute atomic E-state index is 0.101. The monoisotopic (exact) mass is 301 g/mol. The molecule has 0 aliphatic carbocycles. The number of nitrogens with zero attached hydrogens (tertiary/aromatic N) is 2. The van der Waals surface area contributed by atoms with Crippen molar-refractivity contribution in [1.29, 1.82) is 5.26 Å². The standard InChI is InChI=1S/C16H19N3O3/c1-4-21-15-13-8-12(16(20)22-7-5-6-17)11(3)19-14(13)10(2)9-18-15/h9,19H,4-5,7-8H2,1-3H3. The highest BCUT2D eigenvalue weighted by Gasteiger charge is 2.26. The van der Waals surface area contributed by atoms with Crippen LogP contribution in [0.15, 0.2) is 17.5 Å². The molecule has 2 heterocycles. The summed E-state index contributed by atoms with van der Waals surface area (Å²) in [5.74, 6) is 0.125. The summed E-state index contributed by atoms with van der Waals surface area (Å²) in [6.07, 6.45) is 2.34. The van der Waals surface area contributed by atoms with Gasteiger partial charge in [-0.3, -0.25) is 0 Å². The highest BCUT2D eigenvalue weighted by molar-refractivity contribution is 5.92. The largest absolute Gasteiger partial charge is 0.478 e. The first-order valence-electron chi connectivity index (χ1n) is 7.20. The lowest BCUT2D eigenvalue weighted by molar-refractivity contribution is -0.139. The van der Waals surface area contributed by atoms with Crippen molar-refractivity contribution in [3.05, 3.63) is 28.6 Å².